The quantitative estimate of drug-likeness (QED) is 0.635. The van der Waals surface area contributed by atoms with Crippen LogP contribution in [-0.4, -0.2) is 38.1 Å². The van der Waals surface area contributed by atoms with Crippen molar-refractivity contribution in [1.82, 2.24) is 5.16 Å². The average molecular weight is 415 g/mol. The van der Waals surface area contributed by atoms with Crippen molar-refractivity contribution >= 4 is 44.2 Å². The van der Waals surface area contributed by atoms with Gasteiger partial charge in [-0.1, -0.05) is 29.4 Å². The number of carbonyl (C=O) groups is 2. The van der Waals surface area contributed by atoms with Crippen molar-refractivity contribution < 1.29 is 27.3 Å². The number of hydrogen-bond donors (Lipinski definition) is 1. The third kappa shape index (κ3) is 3.31. The van der Waals surface area contributed by atoms with Gasteiger partial charge in [-0.05, 0) is 31.4 Å². The Morgan fingerprint density at radius 3 is 2.66 bits per heavy atom. The van der Waals surface area contributed by atoms with Crippen LogP contribution in [0.3, 0.4) is 0 Å². The number of anilines is 2. The number of amides is 1. The van der Waals surface area contributed by atoms with Crippen LogP contribution >= 0.6 is 0 Å². The molecule has 0 bridgehead atoms. The van der Waals surface area contributed by atoms with Crippen LogP contribution in [0.4, 0.5) is 11.5 Å². The molecule has 0 unspecified atom stereocenters. The summed E-state index contributed by atoms with van der Waals surface area (Å²) in [5.41, 5.74) is 0.408. The highest BCUT2D eigenvalue weighted by atomic mass is 32.2. The van der Waals surface area contributed by atoms with E-state index in [1.807, 2.05) is 0 Å². The third-order valence-electron chi connectivity index (χ3n) is 4.51. The first-order chi connectivity index (χ1) is 13.8. The Labute approximate surface area is 166 Å². The molecule has 29 heavy (non-hydrogen) atoms. The number of benzene rings is 2. The molecule has 1 N–H and O–H groups in total. The maximum atomic E-state index is 12.9. The number of ether oxygens (including phenoxy) is 1. The molecule has 2 heterocycles. The van der Waals surface area contributed by atoms with Gasteiger partial charge < -0.3 is 14.6 Å². The summed E-state index contributed by atoms with van der Waals surface area (Å²) in [4.78, 5) is 24.7. The van der Waals surface area contributed by atoms with Crippen LogP contribution in [0.25, 0.3) is 10.8 Å². The minimum atomic E-state index is -3.89. The summed E-state index contributed by atoms with van der Waals surface area (Å²) in [6.07, 6.45) is -1.15. The van der Waals surface area contributed by atoms with Crippen LogP contribution in [-0.2, 0) is 24.3 Å². The highest BCUT2D eigenvalue weighted by Gasteiger charge is 2.37. The van der Waals surface area contributed by atoms with Crippen LogP contribution < -0.4 is 9.62 Å². The lowest BCUT2D eigenvalue weighted by atomic mass is 10.1. The van der Waals surface area contributed by atoms with Crippen LogP contribution in [0.2, 0.25) is 0 Å². The highest BCUT2D eigenvalue weighted by molar-refractivity contribution is 7.93. The summed E-state index contributed by atoms with van der Waals surface area (Å²) in [5.74, 6) is -0.753. The lowest BCUT2D eigenvalue weighted by Gasteiger charge is -2.19. The zero-order valence-electron chi connectivity index (χ0n) is 15.6. The van der Waals surface area contributed by atoms with Gasteiger partial charge in [-0.25, -0.2) is 8.42 Å². The monoisotopic (exact) mass is 415 g/mol. The van der Waals surface area contributed by atoms with Gasteiger partial charge in [0.2, 0.25) is 0 Å². The molecule has 3 aromatic rings. The summed E-state index contributed by atoms with van der Waals surface area (Å²) < 4.78 is 36.7. The molecule has 1 aromatic heterocycles. The number of nitrogens with one attached hydrogen (secondary N) is 1. The number of esters is 1. The van der Waals surface area contributed by atoms with Crippen LogP contribution in [0.1, 0.15) is 12.7 Å². The summed E-state index contributed by atoms with van der Waals surface area (Å²) in [7, 11) is -3.89. The zero-order chi connectivity index (χ0) is 20.8. The summed E-state index contributed by atoms with van der Waals surface area (Å²) in [6.45, 7) is 2.51. The topological polar surface area (TPSA) is 119 Å². The Morgan fingerprint density at radius 1 is 1.24 bits per heavy atom. The molecule has 0 saturated carbocycles. The van der Waals surface area contributed by atoms with Crippen LogP contribution in [0.5, 0.6) is 0 Å². The lowest BCUT2D eigenvalue weighted by Crippen LogP contribution is -2.37. The van der Waals surface area contributed by atoms with E-state index in [1.165, 1.54) is 19.1 Å². The predicted molar refractivity (Wildman–Crippen MR) is 104 cm³/mol. The van der Waals surface area contributed by atoms with Gasteiger partial charge in [0.1, 0.15) is 12.3 Å². The van der Waals surface area contributed by atoms with Crippen molar-refractivity contribution in [1.29, 1.82) is 0 Å². The molecule has 0 aliphatic carbocycles. The first-order valence-electron chi connectivity index (χ1n) is 8.75. The third-order valence-corrected chi connectivity index (χ3v) is 6.31. The Morgan fingerprint density at radius 2 is 1.97 bits per heavy atom. The molecule has 0 fully saturated rings. The molecule has 1 aliphatic rings. The largest absolute Gasteiger partial charge is 0.451 e. The van der Waals surface area contributed by atoms with Gasteiger partial charge in [0.25, 0.3) is 15.9 Å². The Bertz CT molecular complexity index is 1230. The average Bonchev–Trinajstić information content (AvgIpc) is 3.17. The first-order valence-corrected chi connectivity index (χ1v) is 10.2. The molecule has 1 atom stereocenters. The van der Waals surface area contributed by atoms with Gasteiger partial charge in [0, 0.05) is 11.5 Å². The second-order valence-electron chi connectivity index (χ2n) is 6.59. The van der Waals surface area contributed by atoms with Crippen molar-refractivity contribution in [2.45, 2.75) is 24.8 Å². The van der Waals surface area contributed by atoms with Gasteiger partial charge in [-0.15, -0.1) is 0 Å². The normalized spacial score (nSPS) is 15.3. The lowest BCUT2D eigenvalue weighted by molar-refractivity contribution is -0.151. The number of nitrogens with zero attached hydrogens (tertiary/aromatic N) is 2. The molecule has 4 rings (SSSR count). The number of aromatic nitrogens is 1. The number of aryl methyl sites for hydroxylation is 1. The summed E-state index contributed by atoms with van der Waals surface area (Å²) >= 11 is 0. The molecule has 10 heteroatoms. The van der Waals surface area contributed by atoms with Gasteiger partial charge in [0.05, 0.1) is 10.6 Å². The van der Waals surface area contributed by atoms with Crippen LogP contribution in [0, 0.1) is 6.92 Å². The molecule has 0 radical (unpaired) electrons. The van der Waals surface area contributed by atoms with E-state index in [9.17, 15) is 18.0 Å². The van der Waals surface area contributed by atoms with Crippen molar-refractivity contribution in [2.24, 2.45) is 0 Å². The fourth-order valence-electron chi connectivity index (χ4n) is 3.19. The van der Waals surface area contributed by atoms with E-state index >= 15 is 0 Å². The smallest absolute Gasteiger partial charge is 0.327 e. The van der Waals surface area contributed by atoms with E-state index in [2.05, 4.69) is 10.5 Å². The molecule has 0 spiro atoms. The molecule has 1 amide bonds. The molecular formula is C19H17N3O6S. The molecule has 2 aromatic carbocycles. The Balaban J connectivity index is 1.49. The minimum Gasteiger partial charge on any atom is -0.451 e. The van der Waals surface area contributed by atoms with Gasteiger partial charge >= 0.3 is 5.97 Å². The number of carbonyl (C=O) groups excluding carboxylic acids is 2. The van der Waals surface area contributed by atoms with Gasteiger partial charge in [-0.2, -0.15) is 0 Å². The predicted octanol–water partition coefficient (Wildman–Crippen LogP) is 2.22. The fourth-order valence-corrected chi connectivity index (χ4v) is 4.84. The van der Waals surface area contributed by atoms with Gasteiger partial charge in [-0.3, -0.25) is 13.9 Å². The van der Waals surface area contributed by atoms with E-state index in [1.54, 1.807) is 37.3 Å². The zero-order valence-corrected chi connectivity index (χ0v) is 16.4. The number of hydrogen-bond acceptors (Lipinski definition) is 7. The van der Waals surface area contributed by atoms with Crippen molar-refractivity contribution in [2.75, 3.05) is 16.2 Å². The van der Waals surface area contributed by atoms with E-state index in [4.69, 9.17) is 9.26 Å². The van der Waals surface area contributed by atoms with E-state index in [-0.39, 0.29) is 10.7 Å². The Kier molecular flexibility index (Phi) is 4.50. The summed E-state index contributed by atoms with van der Waals surface area (Å²) in [5, 5.41) is 7.41. The molecule has 9 nitrogen and oxygen atoms in total. The van der Waals surface area contributed by atoms with Crippen molar-refractivity contribution in [3.8, 4) is 0 Å². The van der Waals surface area contributed by atoms with Crippen LogP contribution in [0.15, 0.2) is 51.9 Å². The standard InChI is InChI=1S/C19H17N3O6S/c1-11-9-16(21-28-11)20-19(24)12(2)27-17(23)10-22-14-7-3-5-13-6-4-8-15(18(13)14)29(22,25)26/h3-9,12H,10H2,1-2H3,(H,20,21,24)/t12-/m0/s1. The number of rotatable bonds is 5. The van der Waals surface area contributed by atoms with Crippen molar-refractivity contribution in [3.05, 3.63) is 48.2 Å². The second-order valence-corrected chi connectivity index (χ2v) is 8.42. The maximum absolute atomic E-state index is 12.9. The molecule has 1 aliphatic heterocycles. The fraction of sp³-hybridized carbons (Fsp3) is 0.211. The minimum absolute atomic E-state index is 0.144. The SMILES string of the molecule is Cc1cc(NC(=O)[C@H](C)OC(=O)CN2c3cccc4cccc(c34)S2(=O)=O)no1. The van der Waals surface area contributed by atoms with E-state index in [0.29, 0.717) is 16.8 Å². The highest BCUT2D eigenvalue weighted by Crippen LogP contribution is 2.41. The molecular weight excluding hydrogens is 398 g/mol. The van der Waals surface area contributed by atoms with E-state index < -0.39 is 34.5 Å². The molecule has 150 valence electrons. The maximum Gasteiger partial charge on any atom is 0.327 e. The summed E-state index contributed by atoms with van der Waals surface area (Å²) in [6, 6.07) is 11.6. The van der Waals surface area contributed by atoms with E-state index in [0.717, 1.165) is 9.69 Å². The van der Waals surface area contributed by atoms with Crippen molar-refractivity contribution in [3.63, 3.8) is 0 Å². The van der Waals surface area contributed by atoms with Gasteiger partial charge in [0.15, 0.2) is 11.9 Å². The Hall–Kier alpha value is -3.40. The number of sulfonamides is 1. The first kappa shape index (κ1) is 18.9. The molecule has 0 saturated heterocycles. The second kappa shape index (κ2) is 6.89.